The number of aliphatic hydroxyl groups excluding tert-OH is 1. The van der Waals surface area contributed by atoms with Crippen molar-refractivity contribution < 1.29 is 37.2 Å². The molecule has 0 bridgehead atoms. The third kappa shape index (κ3) is 7.81. The fourth-order valence-electron chi connectivity index (χ4n) is 0.655. The fourth-order valence-corrected chi connectivity index (χ4v) is 0.655. The summed E-state index contributed by atoms with van der Waals surface area (Å²) in [6.07, 6.45) is -0.229. The summed E-state index contributed by atoms with van der Waals surface area (Å²) >= 11 is 0. The van der Waals surface area contributed by atoms with Gasteiger partial charge in [0.1, 0.15) is 0 Å². The van der Waals surface area contributed by atoms with Crippen LogP contribution in [-0.2, 0) is 21.9 Å². The van der Waals surface area contributed by atoms with Crippen LogP contribution in [0.2, 0.25) is 0 Å². The van der Waals surface area contributed by atoms with Crippen molar-refractivity contribution in [1.29, 1.82) is 0 Å². The van der Waals surface area contributed by atoms with Crippen molar-refractivity contribution in [2.45, 2.75) is 25.4 Å². The second-order valence-corrected chi connectivity index (χ2v) is 2.54. The van der Waals surface area contributed by atoms with Gasteiger partial charge in [-0.2, -0.15) is 0 Å². The zero-order valence-electron chi connectivity index (χ0n) is 6.17. The molecule has 0 saturated carbocycles. The number of hydrogen-bond acceptors (Lipinski definition) is 3. The van der Waals surface area contributed by atoms with Gasteiger partial charge in [-0.15, -0.1) is 0 Å². The van der Waals surface area contributed by atoms with Gasteiger partial charge in [0.05, 0.1) is 12.0 Å². The average Bonchev–Trinajstić information content (AvgIpc) is 1.59. The van der Waals surface area contributed by atoms with Crippen LogP contribution in [0.1, 0.15) is 19.8 Å². The third-order valence-corrected chi connectivity index (χ3v) is 1.18. The van der Waals surface area contributed by atoms with Crippen molar-refractivity contribution in [3.63, 3.8) is 0 Å². The van der Waals surface area contributed by atoms with Crippen LogP contribution in [0.3, 0.4) is 0 Å². The monoisotopic (exact) mass is 211 g/mol. The van der Waals surface area contributed by atoms with Gasteiger partial charge in [-0.1, -0.05) is 0 Å². The Morgan fingerprint density at radius 3 is 2.27 bits per heavy atom. The van der Waals surface area contributed by atoms with Crippen LogP contribution >= 0.6 is 0 Å². The molecule has 0 aliphatic rings. The minimum Gasteiger partial charge on any atom is -0.481 e. The maximum atomic E-state index is 10.0. The molecule has 0 saturated heterocycles. The largest absolute Gasteiger partial charge is 0.481 e. The first-order valence-corrected chi connectivity index (χ1v) is 3.03. The molecule has 71 valence electrons. The summed E-state index contributed by atoms with van der Waals surface area (Å²) in [5, 5.41) is 25.7. The molecular formula is C6H12CuO4. The maximum absolute atomic E-state index is 10.0. The summed E-state index contributed by atoms with van der Waals surface area (Å²) in [5.74, 6) is -1.06. The molecule has 1 atom stereocenters. The molecule has 0 fully saturated rings. The van der Waals surface area contributed by atoms with Gasteiger partial charge in [-0.3, -0.25) is 4.79 Å². The Balaban J connectivity index is 0. The summed E-state index contributed by atoms with van der Waals surface area (Å²) in [5.41, 5.74) is -1.28. The van der Waals surface area contributed by atoms with E-state index < -0.39 is 11.6 Å². The molecule has 0 aromatic carbocycles. The zero-order valence-corrected chi connectivity index (χ0v) is 7.11. The molecule has 1 radical (unpaired) electrons. The fraction of sp³-hybridized carbons (Fsp3) is 0.833. The van der Waals surface area contributed by atoms with Crippen molar-refractivity contribution in [2.75, 3.05) is 6.61 Å². The van der Waals surface area contributed by atoms with E-state index in [1.165, 1.54) is 6.92 Å². The summed E-state index contributed by atoms with van der Waals surface area (Å²) in [7, 11) is 0. The molecule has 0 aliphatic heterocycles. The van der Waals surface area contributed by atoms with E-state index in [1.807, 2.05) is 0 Å². The van der Waals surface area contributed by atoms with Crippen LogP contribution in [-0.4, -0.2) is 33.5 Å². The average molecular weight is 212 g/mol. The van der Waals surface area contributed by atoms with E-state index >= 15 is 0 Å². The molecule has 0 unspecified atom stereocenters. The van der Waals surface area contributed by atoms with Gasteiger partial charge in [-0.25, -0.2) is 0 Å². The quantitative estimate of drug-likeness (QED) is 0.553. The van der Waals surface area contributed by atoms with E-state index in [1.54, 1.807) is 0 Å². The van der Waals surface area contributed by atoms with Crippen LogP contribution < -0.4 is 0 Å². The standard InChI is InChI=1S/C6H12O4.Cu/c1-6(10,2-3-7)4-5(8)9;/h7,10H,2-4H2,1H3,(H,8,9);/t6-;/m1./s1. The molecule has 0 aliphatic carbocycles. The summed E-state index contributed by atoms with van der Waals surface area (Å²) < 4.78 is 0. The first kappa shape index (κ1) is 13.5. The topological polar surface area (TPSA) is 77.8 Å². The van der Waals surface area contributed by atoms with Gasteiger partial charge < -0.3 is 15.3 Å². The van der Waals surface area contributed by atoms with E-state index in [0.717, 1.165) is 0 Å². The summed E-state index contributed by atoms with van der Waals surface area (Å²) in [6.45, 7) is 1.19. The van der Waals surface area contributed by atoms with Crippen LogP contribution in [0.15, 0.2) is 0 Å². The third-order valence-electron chi connectivity index (χ3n) is 1.18. The van der Waals surface area contributed by atoms with Gasteiger partial charge in [0.25, 0.3) is 0 Å². The minimum absolute atomic E-state index is 0. The molecule has 3 N–H and O–H groups in total. The van der Waals surface area contributed by atoms with Crippen LogP contribution in [0, 0.1) is 0 Å². The SMILES string of the molecule is C[C@@](O)(CCO)CC(=O)O.[Cu]. The summed E-state index contributed by atoms with van der Waals surface area (Å²) in [6, 6.07) is 0. The van der Waals surface area contributed by atoms with E-state index in [4.69, 9.17) is 15.3 Å². The van der Waals surface area contributed by atoms with Crippen molar-refractivity contribution >= 4 is 5.97 Å². The number of rotatable bonds is 4. The van der Waals surface area contributed by atoms with Gasteiger partial charge >= 0.3 is 5.97 Å². The number of aliphatic carboxylic acids is 1. The van der Waals surface area contributed by atoms with Crippen molar-refractivity contribution in [3.8, 4) is 0 Å². The van der Waals surface area contributed by atoms with E-state index in [9.17, 15) is 4.79 Å². The van der Waals surface area contributed by atoms with E-state index in [-0.39, 0.29) is 36.5 Å². The normalized spacial score (nSPS) is 14.8. The molecule has 0 aromatic rings. The van der Waals surface area contributed by atoms with Crippen molar-refractivity contribution in [1.82, 2.24) is 0 Å². The number of carboxylic acids is 1. The van der Waals surface area contributed by atoms with Gasteiger partial charge in [-0.05, 0) is 13.3 Å². The van der Waals surface area contributed by atoms with Crippen molar-refractivity contribution in [2.24, 2.45) is 0 Å². The molecule has 0 rings (SSSR count). The first-order chi connectivity index (χ1) is 4.48. The van der Waals surface area contributed by atoms with Gasteiger partial charge in [0, 0.05) is 23.7 Å². The molecule has 4 nitrogen and oxygen atoms in total. The molecular weight excluding hydrogens is 200 g/mol. The molecule has 5 heteroatoms. The minimum atomic E-state index is -1.28. The predicted octanol–water partition coefficient (Wildman–Crippen LogP) is -0.408. The van der Waals surface area contributed by atoms with Crippen LogP contribution in [0.4, 0.5) is 0 Å². The smallest absolute Gasteiger partial charge is 0.306 e. The molecule has 11 heavy (non-hydrogen) atoms. The maximum Gasteiger partial charge on any atom is 0.306 e. The number of hydrogen-bond donors (Lipinski definition) is 3. The number of carboxylic acid groups (broad SMARTS) is 1. The zero-order chi connectivity index (χ0) is 8.20. The first-order valence-electron chi connectivity index (χ1n) is 3.03. The number of aliphatic hydroxyl groups is 2. The predicted molar refractivity (Wildman–Crippen MR) is 34.6 cm³/mol. The Hall–Kier alpha value is -0.0905. The molecule has 0 amide bonds. The Labute approximate surface area is 75.7 Å². The molecule has 0 heterocycles. The van der Waals surface area contributed by atoms with E-state index in [2.05, 4.69) is 0 Å². The second kappa shape index (κ2) is 5.55. The van der Waals surface area contributed by atoms with E-state index in [0.29, 0.717) is 0 Å². The Morgan fingerprint density at radius 2 is 2.00 bits per heavy atom. The molecule has 0 aromatic heterocycles. The Morgan fingerprint density at radius 1 is 1.55 bits per heavy atom. The molecule has 0 spiro atoms. The number of carbonyl (C=O) groups is 1. The Bertz CT molecular complexity index is 124. The van der Waals surface area contributed by atoms with Crippen LogP contribution in [0.25, 0.3) is 0 Å². The second-order valence-electron chi connectivity index (χ2n) is 2.54. The van der Waals surface area contributed by atoms with Crippen molar-refractivity contribution in [3.05, 3.63) is 0 Å². The van der Waals surface area contributed by atoms with Gasteiger partial charge in [0.2, 0.25) is 0 Å². The van der Waals surface area contributed by atoms with Gasteiger partial charge in [0.15, 0.2) is 0 Å². The Kier molecular flexibility index (Phi) is 6.80. The summed E-state index contributed by atoms with van der Waals surface area (Å²) in [4.78, 5) is 10.0. The van der Waals surface area contributed by atoms with Crippen LogP contribution in [0.5, 0.6) is 0 Å².